The molecule has 6 nitrogen and oxygen atoms in total. The molecule has 2 amide bonds. The van der Waals surface area contributed by atoms with E-state index in [1.807, 2.05) is 0 Å². The van der Waals surface area contributed by atoms with Crippen molar-refractivity contribution >= 4 is 11.8 Å². The van der Waals surface area contributed by atoms with E-state index in [1.54, 1.807) is 34.1 Å². The second-order valence-electron chi connectivity index (χ2n) is 5.94. The Morgan fingerprint density at radius 1 is 1.00 bits per heavy atom. The van der Waals surface area contributed by atoms with Crippen LogP contribution in [0.15, 0.2) is 48.5 Å². The summed E-state index contributed by atoms with van der Waals surface area (Å²) in [7, 11) is 0. The molecule has 1 aliphatic heterocycles. The maximum absolute atomic E-state index is 13.1. The van der Waals surface area contributed by atoms with E-state index in [0.29, 0.717) is 31.9 Å². The Hall–Kier alpha value is -3.09. The lowest BCUT2D eigenvalue weighted by molar-refractivity contribution is -0.134. The van der Waals surface area contributed by atoms with E-state index >= 15 is 0 Å². The van der Waals surface area contributed by atoms with Crippen LogP contribution in [0.1, 0.15) is 10.4 Å². The predicted octanol–water partition coefficient (Wildman–Crippen LogP) is 1.89. The molecule has 0 spiro atoms. The monoisotopic (exact) mass is 358 g/mol. The maximum Gasteiger partial charge on any atom is 0.260 e. The number of amides is 2. The van der Waals surface area contributed by atoms with Crippen LogP contribution in [0.5, 0.6) is 11.5 Å². The lowest BCUT2D eigenvalue weighted by atomic mass is 10.1. The zero-order valence-electron chi connectivity index (χ0n) is 14.1. The summed E-state index contributed by atoms with van der Waals surface area (Å²) in [6.07, 6.45) is 0. The molecule has 0 saturated carbocycles. The maximum atomic E-state index is 13.1. The molecule has 1 saturated heterocycles. The van der Waals surface area contributed by atoms with Crippen molar-refractivity contribution in [3.8, 4) is 11.5 Å². The van der Waals surface area contributed by atoms with Crippen molar-refractivity contribution < 1.29 is 23.8 Å². The van der Waals surface area contributed by atoms with Crippen molar-refractivity contribution in [1.82, 2.24) is 9.80 Å². The molecule has 0 aromatic heterocycles. The number of rotatable bonds is 4. The first-order chi connectivity index (χ1) is 12.5. The summed E-state index contributed by atoms with van der Waals surface area (Å²) >= 11 is 0. The molecule has 136 valence electrons. The summed E-state index contributed by atoms with van der Waals surface area (Å²) in [4.78, 5) is 27.9. The minimum absolute atomic E-state index is 0.0560. The highest BCUT2D eigenvalue weighted by Crippen LogP contribution is 2.19. The van der Waals surface area contributed by atoms with Crippen LogP contribution in [0.3, 0.4) is 0 Å². The first-order valence-electron chi connectivity index (χ1n) is 8.28. The zero-order valence-corrected chi connectivity index (χ0v) is 14.1. The van der Waals surface area contributed by atoms with Crippen molar-refractivity contribution in [2.24, 2.45) is 0 Å². The smallest absolute Gasteiger partial charge is 0.260 e. The van der Waals surface area contributed by atoms with Crippen molar-refractivity contribution in [1.29, 1.82) is 0 Å². The highest BCUT2D eigenvalue weighted by Gasteiger charge is 2.26. The van der Waals surface area contributed by atoms with Gasteiger partial charge in [-0.15, -0.1) is 0 Å². The summed E-state index contributed by atoms with van der Waals surface area (Å²) in [5.41, 5.74) is 0.252. The quantitative estimate of drug-likeness (QED) is 0.906. The number of phenolic OH excluding ortho intramolecular Hbond substituents is 1. The topological polar surface area (TPSA) is 70.1 Å². The van der Waals surface area contributed by atoms with Crippen LogP contribution in [0, 0.1) is 5.82 Å². The van der Waals surface area contributed by atoms with Crippen LogP contribution in [0.4, 0.5) is 4.39 Å². The molecule has 3 rings (SSSR count). The second kappa shape index (κ2) is 7.86. The number of ether oxygens (including phenoxy) is 1. The highest BCUT2D eigenvalue weighted by atomic mass is 19.1. The van der Waals surface area contributed by atoms with Crippen LogP contribution in [-0.2, 0) is 4.79 Å². The van der Waals surface area contributed by atoms with Gasteiger partial charge in [-0.1, -0.05) is 18.2 Å². The first-order valence-corrected chi connectivity index (χ1v) is 8.28. The van der Waals surface area contributed by atoms with Crippen LogP contribution in [0.2, 0.25) is 0 Å². The molecule has 0 bridgehead atoms. The summed E-state index contributed by atoms with van der Waals surface area (Å²) in [6.45, 7) is 1.32. The average Bonchev–Trinajstić information content (AvgIpc) is 2.66. The molecule has 1 heterocycles. The van der Waals surface area contributed by atoms with Crippen LogP contribution < -0.4 is 4.74 Å². The molecule has 0 atom stereocenters. The molecule has 1 fully saturated rings. The van der Waals surface area contributed by atoms with Gasteiger partial charge in [-0.25, -0.2) is 4.39 Å². The van der Waals surface area contributed by atoms with E-state index in [0.717, 1.165) is 0 Å². The van der Waals surface area contributed by atoms with Crippen LogP contribution in [0.25, 0.3) is 0 Å². The normalized spacial score (nSPS) is 14.2. The Labute approximate surface area is 150 Å². The molecule has 2 aromatic rings. The zero-order chi connectivity index (χ0) is 18.5. The lowest BCUT2D eigenvalue weighted by Crippen LogP contribution is -2.51. The number of carbonyl (C=O) groups excluding carboxylic acids is 2. The van der Waals surface area contributed by atoms with Gasteiger partial charge in [0.1, 0.15) is 17.3 Å². The van der Waals surface area contributed by atoms with E-state index < -0.39 is 5.82 Å². The fraction of sp³-hybridized carbons (Fsp3) is 0.263. The number of carbonyl (C=O) groups is 2. The first kappa shape index (κ1) is 17.7. The molecule has 1 N–H and O–H groups in total. The Bertz CT molecular complexity index is 804. The molecule has 26 heavy (non-hydrogen) atoms. The Morgan fingerprint density at radius 2 is 1.69 bits per heavy atom. The van der Waals surface area contributed by atoms with Gasteiger partial charge in [0.05, 0.1) is 5.56 Å². The van der Waals surface area contributed by atoms with Crippen molar-refractivity contribution in [3.63, 3.8) is 0 Å². The molecule has 1 aliphatic rings. The Balaban J connectivity index is 1.51. The molecule has 2 aromatic carbocycles. The van der Waals surface area contributed by atoms with Crippen molar-refractivity contribution in [3.05, 3.63) is 59.9 Å². The van der Waals surface area contributed by atoms with E-state index in [1.165, 1.54) is 24.3 Å². The minimum Gasteiger partial charge on any atom is -0.507 e. The van der Waals surface area contributed by atoms with E-state index in [2.05, 4.69) is 0 Å². The third-order valence-electron chi connectivity index (χ3n) is 4.21. The number of hydrogen-bond acceptors (Lipinski definition) is 4. The van der Waals surface area contributed by atoms with Gasteiger partial charge in [0.25, 0.3) is 11.8 Å². The Morgan fingerprint density at radius 3 is 2.38 bits per heavy atom. The molecule has 0 radical (unpaired) electrons. The number of halogens is 1. The van der Waals surface area contributed by atoms with Gasteiger partial charge in [-0.3, -0.25) is 9.59 Å². The van der Waals surface area contributed by atoms with Gasteiger partial charge in [0.2, 0.25) is 0 Å². The van der Waals surface area contributed by atoms with E-state index in [4.69, 9.17) is 4.74 Å². The van der Waals surface area contributed by atoms with Gasteiger partial charge >= 0.3 is 0 Å². The summed E-state index contributed by atoms with van der Waals surface area (Å²) < 4.78 is 18.4. The summed E-state index contributed by atoms with van der Waals surface area (Å²) in [6, 6.07) is 12.0. The Kier molecular flexibility index (Phi) is 5.36. The minimum atomic E-state index is -0.425. The summed E-state index contributed by atoms with van der Waals surface area (Å²) in [5.74, 6) is -0.660. The number of benzene rings is 2. The number of hydrogen-bond donors (Lipinski definition) is 1. The van der Waals surface area contributed by atoms with Crippen LogP contribution in [-0.4, -0.2) is 59.5 Å². The van der Waals surface area contributed by atoms with Gasteiger partial charge in [-0.2, -0.15) is 0 Å². The predicted molar refractivity (Wildman–Crippen MR) is 92.5 cm³/mol. The number of para-hydroxylation sites is 1. The SMILES string of the molecule is O=C(COc1cccc(F)c1)N1CCN(C(=O)c2ccccc2O)CC1. The van der Waals surface area contributed by atoms with Gasteiger partial charge in [-0.05, 0) is 24.3 Å². The molecular weight excluding hydrogens is 339 g/mol. The van der Waals surface area contributed by atoms with Gasteiger partial charge < -0.3 is 19.6 Å². The third-order valence-corrected chi connectivity index (χ3v) is 4.21. The molecular formula is C19H19FN2O4. The second-order valence-corrected chi connectivity index (χ2v) is 5.94. The summed E-state index contributed by atoms with van der Waals surface area (Å²) in [5, 5.41) is 9.79. The number of piperazine rings is 1. The van der Waals surface area contributed by atoms with E-state index in [-0.39, 0.29) is 29.7 Å². The number of phenols is 1. The third kappa shape index (κ3) is 4.11. The van der Waals surface area contributed by atoms with Gasteiger partial charge in [0, 0.05) is 32.2 Å². The fourth-order valence-corrected chi connectivity index (χ4v) is 2.78. The number of aromatic hydroxyl groups is 1. The van der Waals surface area contributed by atoms with Crippen LogP contribution >= 0.6 is 0 Å². The van der Waals surface area contributed by atoms with Crippen molar-refractivity contribution in [2.45, 2.75) is 0 Å². The highest BCUT2D eigenvalue weighted by molar-refractivity contribution is 5.97. The standard InChI is InChI=1S/C19H19FN2O4/c20-14-4-3-5-15(12-14)26-13-18(24)21-8-10-22(11-9-21)19(25)16-6-1-2-7-17(16)23/h1-7,12,23H,8-11,13H2. The largest absolute Gasteiger partial charge is 0.507 e. The van der Waals surface area contributed by atoms with E-state index in [9.17, 15) is 19.1 Å². The molecule has 0 unspecified atom stereocenters. The van der Waals surface area contributed by atoms with Crippen molar-refractivity contribution in [2.75, 3.05) is 32.8 Å². The number of nitrogens with zero attached hydrogens (tertiary/aromatic N) is 2. The molecule has 7 heteroatoms. The van der Waals surface area contributed by atoms with Gasteiger partial charge in [0.15, 0.2) is 6.61 Å². The lowest BCUT2D eigenvalue weighted by Gasteiger charge is -2.34. The molecule has 0 aliphatic carbocycles. The fourth-order valence-electron chi connectivity index (χ4n) is 2.78. The average molecular weight is 358 g/mol.